The van der Waals surface area contributed by atoms with Crippen molar-refractivity contribution in [3.63, 3.8) is 0 Å². The molecule has 0 saturated heterocycles. The van der Waals surface area contributed by atoms with Crippen molar-refractivity contribution in [2.45, 2.75) is 38.3 Å². The highest BCUT2D eigenvalue weighted by molar-refractivity contribution is 5.83. The normalized spacial score (nSPS) is 16.9. The fourth-order valence-electron chi connectivity index (χ4n) is 2.62. The van der Waals surface area contributed by atoms with E-state index in [1.165, 1.54) is 36.6 Å². The Balaban J connectivity index is 1.76. The van der Waals surface area contributed by atoms with Crippen LogP contribution in [0.1, 0.15) is 31.2 Å². The summed E-state index contributed by atoms with van der Waals surface area (Å²) in [4.78, 5) is 0. The minimum atomic E-state index is 0.689. The molecule has 17 heavy (non-hydrogen) atoms. The smallest absolute Gasteiger partial charge is 0.136 e. The quantitative estimate of drug-likeness (QED) is 0.797. The first-order valence-electron chi connectivity index (χ1n) is 6.32. The Morgan fingerprint density at radius 2 is 2.12 bits per heavy atom. The number of anilines is 1. The van der Waals surface area contributed by atoms with Crippen LogP contribution in [0.15, 0.2) is 28.9 Å². The predicted molar refractivity (Wildman–Crippen MR) is 69.7 cm³/mol. The number of rotatable bonds is 3. The van der Waals surface area contributed by atoms with Gasteiger partial charge in [-0.2, -0.15) is 0 Å². The molecule has 3 heteroatoms. The van der Waals surface area contributed by atoms with E-state index >= 15 is 0 Å². The van der Waals surface area contributed by atoms with Gasteiger partial charge in [0.1, 0.15) is 5.58 Å². The summed E-state index contributed by atoms with van der Waals surface area (Å²) in [6.07, 6.45) is 7.18. The maximum Gasteiger partial charge on any atom is 0.136 e. The number of fused-ring (bicyclic) bond motifs is 1. The fraction of sp³-hybridized carbons (Fsp3) is 0.429. The molecule has 1 aliphatic rings. The van der Waals surface area contributed by atoms with Crippen LogP contribution < -0.4 is 11.1 Å². The molecule has 90 valence electrons. The number of hydrogen-bond donors (Lipinski definition) is 2. The minimum Gasteiger partial charge on any atom is -0.464 e. The highest BCUT2D eigenvalue weighted by Gasteiger charge is 2.15. The van der Waals surface area contributed by atoms with Crippen molar-refractivity contribution in [1.82, 2.24) is 5.32 Å². The van der Waals surface area contributed by atoms with Gasteiger partial charge in [-0.3, -0.25) is 0 Å². The van der Waals surface area contributed by atoms with Gasteiger partial charge < -0.3 is 15.5 Å². The average Bonchev–Trinajstić information content (AvgIpc) is 2.94. The molecule has 0 amide bonds. The maximum absolute atomic E-state index is 5.73. The van der Waals surface area contributed by atoms with E-state index in [1.54, 1.807) is 0 Å². The first-order valence-corrected chi connectivity index (χ1v) is 6.32. The van der Waals surface area contributed by atoms with E-state index in [0.717, 1.165) is 17.8 Å². The molecule has 1 aliphatic carbocycles. The van der Waals surface area contributed by atoms with E-state index in [1.807, 2.05) is 24.5 Å². The number of hydrogen-bond acceptors (Lipinski definition) is 3. The van der Waals surface area contributed by atoms with E-state index in [2.05, 4.69) is 5.32 Å². The van der Waals surface area contributed by atoms with Gasteiger partial charge in [0.15, 0.2) is 0 Å². The highest BCUT2D eigenvalue weighted by atomic mass is 16.3. The number of furan rings is 1. The SMILES string of the molecule is Nc1ccc2c(CNC3CCCC3)coc2c1. The fourth-order valence-corrected chi connectivity index (χ4v) is 2.62. The van der Waals surface area contributed by atoms with Gasteiger partial charge in [0.05, 0.1) is 6.26 Å². The monoisotopic (exact) mass is 230 g/mol. The van der Waals surface area contributed by atoms with Gasteiger partial charge in [0, 0.05) is 35.3 Å². The molecule has 0 atom stereocenters. The van der Waals surface area contributed by atoms with Crippen LogP contribution in [0.3, 0.4) is 0 Å². The van der Waals surface area contributed by atoms with Crippen molar-refractivity contribution in [2.24, 2.45) is 0 Å². The number of nitrogen functional groups attached to an aromatic ring is 1. The van der Waals surface area contributed by atoms with Gasteiger partial charge in [0.25, 0.3) is 0 Å². The Morgan fingerprint density at radius 1 is 1.29 bits per heavy atom. The van der Waals surface area contributed by atoms with Crippen LogP contribution in [0.5, 0.6) is 0 Å². The Hall–Kier alpha value is -1.48. The van der Waals surface area contributed by atoms with Crippen molar-refractivity contribution < 1.29 is 4.42 Å². The molecule has 0 radical (unpaired) electrons. The van der Waals surface area contributed by atoms with Crippen LogP contribution >= 0.6 is 0 Å². The number of benzene rings is 1. The molecular formula is C14H18N2O. The lowest BCUT2D eigenvalue weighted by atomic mass is 10.1. The van der Waals surface area contributed by atoms with E-state index in [9.17, 15) is 0 Å². The van der Waals surface area contributed by atoms with Crippen LogP contribution in [0.25, 0.3) is 11.0 Å². The lowest BCUT2D eigenvalue weighted by Crippen LogP contribution is -2.25. The molecule has 3 N–H and O–H groups in total. The summed E-state index contributed by atoms with van der Waals surface area (Å²) in [7, 11) is 0. The average molecular weight is 230 g/mol. The first kappa shape index (κ1) is 10.7. The third-order valence-corrected chi connectivity index (χ3v) is 3.62. The third kappa shape index (κ3) is 2.15. The summed E-state index contributed by atoms with van der Waals surface area (Å²) in [5.41, 5.74) is 8.59. The van der Waals surface area contributed by atoms with Gasteiger partial charge in [-0.1, -0.05) is 12.8 Å². The molecule has 0 bridgehead atoms. The Labute approximate surface area is 101 Å². The Kier molecular flexibility index (Phi) is 2.77. The Morgan fingerprint density at radius 3 is 2.94 bits per heavy atom. The zero-order valence-electron chi connectivity index (χ0n) is 9.91. The van der Waals surface area contributed by atoms with Crippen molar-refractivity contribution in [3.8, 4) is 0 Å². The first-order chi connectivity index (χ1) is 8.33. The lowest BCUT2D eigenvalue weighted by molar-refractivity contribution is 0.520. The molecule has 0 unspecified atom stereocenters. The van der Waals surface area contributed by atoms with Gasteiger partial charge in [-0.25, -0.2) is 0 Å². The van der Waals surface area contributed by atoms with Crippen LogP contribution in [0.4, 0.5) is 5.69 Å². The Bertz CT molecular complexity index is 512. The number of nitrogens with two attached hydrogens (primary N) is 1. The largest absolute Gasteiger partial charge is 0.464 e. The highest BCUT2D eigenvalue weighted by Crippen LogP contribution is 2.24. The molecular weight excluding hydrogens is 212 g/mol. The van der Waals surface area contributed by atoms with Gasteiger partial charge in [-0.05, 0) is 25.0 Å². The topological polar surface area (TPSA) is 51.2 Å². The van der Waals surface area contributed by atoms with Gasteiger partial charge in [0.2, 0.25) is 0 Å². The summed E-state index contributed by atoms with van der Waals surface area (Å²) < 4.78 is 5.53. The number of nitrogens with one attached hydrogen (secondary N) is 1. The molecule has 0 aliphatic heterocycles. The second-order valence-electron chi connectivity index (χ2n) is 4.88. The zero-order chi connectivity index (χ0) is 11.7. The molecule has 0 spiro atoms. The van der Waals surface area contributed by atoms with Crippen molar-refractivity contribution in [2.75, 3.05) is 5.73 Å². The molecule has 2 aromatic rings. The lowest BCUT2D eigenvalue weighted by Gasteiger charge is -2.10. The summed E-state index contributed by atoms with van der Waals surface area (Å²) in [6.45, 7) is 0.890. The van der Waals surface area contributed by atoms with Crippen LogP contribution in [-0.2, 0) is 6.54 Å². The zero-order valence-corrected chi connectivity index (χ0v) is 9.91. The predicted octanol–water partition coefficient (Wildman–Crippen LogP) is 3.05. The minimum absolute atomic E-state index is 0.689. The van der Waals surface area contributed by atoms with E-state index in [-0.39, 0.29) is 0 Å². The van der Waals surface area contributed by atoms with E-state index < -0.39 is 0 Å². The van der Waals surface area contributed by atoms with E-state index in [0.29, 0.717) is 6.04 Å². The summed E-state index contributed by atoms with van der Waals surface area (Å²) in [5, 5.41) is 4.77. The van der Waals surface area contributed by atoms with Gasteiger partial charge in [-0.15, -0.1) is 0 Å². The summed E-state index contributed by atoms with van der Waals surface area (Å²) in [6, 6.07) is 6.54. The second kappa shape index (κ2) is 4.41. The summed E-state index contributed by atoms with van der Waals surface area (Å²) in [5.74, 6) is 0. The van der Waals surface area contributed by atoms with Crippen LogP contribution in [0, 0.1) is 0 Å². The van der Waals surface area contributed by atoms with Gasteiger partial charge >= 0.3 is 0 Å². The third-order valence-electron chi connectivity index (χ3n) is 3.62. The molecule has 1 heterocycles. The maximum atomic E-state index is 5.73. The van der Waals surface area contributed by atoms with E-state index in [4.69, 9.17) is 10.2 Å². The molecule has 1 fully saturated rings. The second-order valence-corrected chi connectivity index (χ2v) is 4.88. The van der Waals surface area contributed by atoms with Crippen molar-refractivity contribution in [3.05, 3.63) is 30.0 Å². The summed E-state index contributed by atoms with van der Waals surface area (Å²) >= 11 is 0. The molecule has 3 rings (SSSR count). The molecule has 1 saturated carbocycles. The van der Waals surface area contributed by atoms with Crippen LogP contribution in [-0.4, -0.2) is 6.04 Å². The molecule has 1 aromatic heterocycles. The molecule has 1 aromatic carbocycles. The standard InChI is InChI=1S/C14H18N2O/c15-11-5-6-13-10(9-17-14(13)7-11)8-16-12-3-1-2-4-12/h5-7,9,12,16H,1-4,8,15H2. The van der Waals surface area contributed by atoms with Crippen molar-refractivity contribution in [1.29, 1.82) is 0 Å². The van der Waals surface area contributed by atoms with Crippen molar-refractivity contribution >= 4 is 16.7 Å². The molecule has 3 nitrogen and oxygen atoms in total. The van der Waals surface area contributed by atoms with Crippen LogP contribution in [0.2, 0.25) is 0 Å².